The van der Waals surface area contributed by atoms with Gasteiger partial charge in [0.05, 0.1) is 12.2 Å². The number of Topliss-reactive ketones (excluding diaryl/α,β-unsaturated/α-hetero) is 2. The number of carbonyl (C=O) groups excluding carboxylic acids is 2. The molecule has 2 heterocycles. The molecule has 1 aliphatic rings. The molecule has 0 radical (unpaired) electrons. The lowest BCUT2D eigenvalue weighted by Gasteiger charge is -2.03. The van der Waals surface area contributed by atoms with E-state index in [2.05, 4.69) is 0 Å². The van der Waals surface area contributed by atoms with Crippen molar-refractivity contribution in [3.05, 3.63) is 95.3 Å². The number of ether oxygens (including phenoxy) is 2. The third-order valence-electron chi connectivity index (χ3n) is 4.66. The van der Waals surface area contributed by atoms with Gasteiger partial charge in [0.25, 0.3) is 0 Å². The van der Waals surface area contributed by atoms with E-state index < -0.39 is 0 Å². The first-order valence-electron chi connectivity index (χ1n) is 9.52. The number of allylic oxidation sites excluding steroid dienone is 1. The Kier molecular flexibility index (Phi) is 6.97. The van der Waals surface area contributed by atoms with Crippen LogP contribution in [0.15, 0.2) is 72.8 Å². The first-order valence-corrected chi connectivity index (χ1v) is 9.52. The summed E-state index contributed by atoms with van der Waals surface area (Å²) < 4.78 is 25.9. The second-order valence-electron chi connectivity index (χ2n) is 6.76. The summed E-state index contributed by atoms with van der Waals surface area (Å²) in [7, 11) is 0. The number of rotatable bonds is 6. The minimum atomic E-state index is -0.378. The predicted molar refractivity (Wildman–Crippen MR) is 108 cm³/mol. The highest BCUT2D eigenvalue weighted by Crippen LogP contribution is 2.34. The summed E-state index contributed by atoms with van der Waals surface area (Å²) >= 11 is 0. The molecular formula is C24H19BrFNO4. The molecule has 0 fully saturated rings. The molecular weight excluding hydrogens is 465 g/mol. The maximum Gasteiger partial charge on any atom is 0.231 e. The van der Waals surface area contributed by atoms with Gasteiger partial charge in [-0.2, -0.15) is 4.57 Å². The molecule has 0 unspecified atom stereocenters. The van der Waals surface area contributed by atoms with Gasteiger partial charge < -0.3 is 26.5 Å². The first-order chi connectivity index (χ1) is 14.5. The van der Waals surface area contributed by atoms with Gasteiger partial charge in [-0.3, -0.25) is 9.59 Å². The topological polar surface area (TPSA) is 56.5 Å². The van der Waals surface area contributed by atoms with Gasteiger partial charge >= 0.3 is 0 Å². The van der Waals surface area contributed by atoms with Crippen molar-refractivity contribution >= 4 is 17.6 Å². The molecule has 0 amide bonds. The van der Waals surface area contributed by atoms with E-state index in [1.54, 1.807) is 53.4 Å². The molecule has 31 heavy (non-hydrogen) atoms. The van der Waals surface area contributed by atoms with E-state index in [0.29, 0.717) is 29.2 Å². The summed E-state index contributed by atoms with van der Waals surface area (Å²) in [4.78, 5) is 24.9. The molecule has 1 aromatic heterocycles. The Morgan fingerprint density at radius 1 is 1.10 bits per heavy atom. The van der Waals surface area contributed by atoms with Crippen LogP contribution in [0.4, 0.5) is 4.39 Å². The average Bonchev–Trinajstić information content (AvgIpc) is 3.05. The fraction of sp³-hybridized carbons (Fsp3) is 0.125. The Labute approximate surface area is 189 Å². The van der Waals surface area contributed by atoms with Crippen molar-refractivity contribution in [2.75, 3.05) is 6.61 Å². The number of halogens is 2. The minimum absolute atomic E-state index is 0. The predicted octanol–water partition coefficient (Wildman–Crippen LogP) is 1.01. The fourth-order valence-corrected chi connectivity index (χ4v) is 3.14. The standard InChI is InChI=1S/C24H19FNO4.BrH/c1-2-29-19-7-8-20-22(14-19)30-23(24(20)28)13-16-9-11-26(12-10-16)15-21(27)17-3-5-18(25)6-4-17;/h3-14H,2,15H2,1H3;1H/q+1;/p-1/b23-13-;. The molecule has 0 bridgehead atoms. The average molecular weight is 484 g/mol. The maximum atomic E-state index is 13.0. The molecule has 0 N–H and O–H groups in total. The van der Waals surface area contributed by atoms with Gasteiger partial charge in [-0.25, -0.2) is 4.39 Å². The highest BCUT2D eigenvalue weighted by atomic mass is 79.9. The number of aromatic nitrogens is 1. The van der Waals surface area contributed by atoms with Crippen molar-refractivity contribution in [2.24, 2.45) is 0 Å². The fourth-order valence-electron chi connectivity index (χ4n) is 3.14. The summed E-state index contributed by atoms with van der Waals surface area (Å²) in [5.41, 5.74) is 1.71. The largest absolute Gasteiger partial charge is 1.00 e. The van der Waals surface area contributed by atoms with Crippen molar-refractivity contribution < 1.29 is 45.0 Å². The zero-order chi connectivity index (χ0) is 21.1. The van der Waals surface area contributed by atoms with Gasteiger partial charge in [0.2, 0.25) is 18.1 Å². The van der Waals surface area contributed by atoms with Crippen LogP contribution in [0.25, 0.3) is 6.08 Å². The molecule has 0 spiro atoms. The number of hydrogen-bond donors (Lipinski definition) is 0. The zero-order valence-electron chi connectivity index (χ0n) is 16.7. The van der Waals surface area contributed by atoms with Crippen LogP contribution in [0, 0.1) is 5.82 Å². The zero-order valence-corrected chi connectivity index (χ0v) is 18.3. The van der Waals surface area contributed by atoms with Crippen molar-refractivity contribution in [3.8, 4) is 11.5 Å². The molecule has 1 aliphatic heterocycles. The summed E-state index contributed by atoms with van der Waals surface area (Å²) in [6.45, 7) is 2.55. The summed E-state index contributed by atoms with van der Waals surface area (Å²) in [5, 5.41) is 0. The molecule has 0 atom stereocenters. The van der Waals surface area contributed by atoms with Gasteiger partial charge in [0, 0.05) is 23.8 Å². The molecule has 5 nitrogen and oxygen atoms in total. The number of carbonyl (C=O) groups is 2. The second kappa shape index (κ2) is 9.66. The lowest BCUT2D eigenvalue weighted by Crippen LogP contribution is -3.00. The molecule has 0 saturated carbocycles. The van der Waals surface area contributed by atoms with Crippen LogP contribution >= 0.6 is 0 Å². The molecule has 7 heteroatoms. The summed E-state index contributed by atoms with van der Waals surface area (Å²) in [6, 6.07) is 14.2. The van der Waals surface area contributed by atoms with E-state index >= 15 is 0 Å². The lowest BCUT2D eigenvalue weighted by atomic mass is 10.1. The third kappa shape index (κ3) is 5.06. The molecule has 158 valence electrons. The van der Waals surface area contributed by atoms with Crippen LogP contribution in [0.3, 0.4) is 0 Å². The quantitative estimate of drug-likeness (QED) is 0.298. The van der Waals surface area contributed by atoms with Crippen molar-refractivity contribution in [3.63, 3.8) is 0 Å². The molecule has 0 aliphatic carbocycles. The number of fused-ring (bicyclic) bond motifs is 1. The SMILES string of the molecule is CCOc1ccc2c(c1)O/C(=C\c1cc[n+](CC(=O)c3ccc(F)cc3)cc1)C2=O.[Br-]. The van der Waals surface area contributed by atoms with Gasteiger partial charge in [-0.15, -0.1) is 0 Å². The van der Waals surface area contributed by atoms with Gasteiger partial charge in [-0.1, -0.05) is 0 Å². The smallest absolute Gasteiger partial charge is 0.231 e. The Morgan fingerprint density at radius 3 is 2.48 bits per heavy atom. The molecule has 3 aromatic rings. The Hall–Kier alpha value is -3.32. The van der Waals surface area contributed by atoms with Gasteiger partial charge in [0.15, 0.2) is 18.2 Å². The van der Waals surface area contributed by atoms with Crippen LogP contribution in [-0.2, 0) is 6.54 Å². The maximum absolute atomic E-state index is 13.0. The molecule has 0 saturated heterocycles. The van der Waals surface area contributed by atoms with Gasteiger partial charge in [-0.05, 0) is 55.0 Å². The Morgan fingerprint density at radius 2 is 1.81 bits per heavy atom. The van der Waals surface area contributed by atoms with E-state index in [1.165, 1.54) is 24.3 Å². The Bertz CT molecular complexity index is 1140. The number of hydrogen-bond acceptors (Lipinski definition) is 4. The van der Waals surface area contributed by atoms with E-state index in [4.69, 9.17) is 9.47 Å². The van der Waals surface area contributed by atoms with E-state index in [-0.39, 0.29) is 46.7 Å². The van der Waals surface area contributed by atoms with Crippen molar-refractivity contribution in [1.29, 1.82) is 0 Å². The van der Waals surface area contributed by atoms with Crippen LogP contribution in [0.1, 0.15) is 33.2 Å². The minimum Gasteiger partial charge on any atom is -1.00 e. The van der Waals surface area contributed by atoms with Gasteiger partial charge in [0.1, 0.15) is 17.3 Å². The van der Waals surface area contributed by atoms with Crippen LogP contribution < -0.4 is 31.0 Å². The first kappa shape index (κ1) is 22.4. The highest BCUT2D eigenvalue weighted by Gasteiger charge is 2.27. The number of nitrogens with zero attached hydrogens (tertiary/aromatic N) is 1. The number of pyridine rings is 1. The Balaban J connectivity index is 0.00000272. The summed E-state index contributed by atoms with van der Waals surface area (Å²) in [6.07, 6.45) is 5.15. The lowest BCUT2D eigenvalue weighted by molar-refractivity contribution is -0.683. The number of benzene rings is 2. The second-order valence-corrected chi connectivity index (χ2v) is 6.76. The van der Waals surface area contributed by atoms with E-state index in [0.717, 1.165) is 5.56 Å². The van der Waals surface area contributed by atoms with Crippen LogP contribution in [0.2, 0.25) is 0 Å². The van der Waals surface area contributed by atoms with Crippen molar-refractivity contribution in [1.82, 2.24) is 0 Å². The number of ketones is 2. The molecule has 2 aromatic carbocycles. The highest BCUT2D eigenvalue weighted by molar-refractivity contribution is 6.14. The monoisotopic (exact) mass is 483 g/mol. The normalized spacial score (nSPS) is 13.4. The van der Waals surface area contributed by atoms with Crippen LogP contribution in [-0.4, -0.2) is 18.2 Å². The summed E-state index contributed by atoms with van der Waals surface area (Å²) in [5.74, 6) is 0.678. The van der Waals surface area contributed by atoms with Crippen molar-refractivity contribution in [2.45, 2.75) is 13.5 Å². The van der Waals surface area contributed by atoms with E-state index in [1.807, 2.05) is 6.92 Å². The molecule has 4 rings (SSSR count). The van der Waals surface area contributed by atoms with E-state index in [9.17, 15) is 14.0 Å². The van der Waals surface area contributed by atoms with Crippen LogP contribution in [0.5, 0.6) is 11.5 Å². The third-order valence-corrected chi connectivity index (χ3v) is 4.66.